The molecule has 1 unspecified atom stereocenters. The van der Waals surface area contributed by atoms with Crippen molar-refractivity contribution in [1.29, 1.82) is 0 Å². The minimum Gasteiger partial charge on any atom is -0.487 e. The summed E-state index contributed by atoms with van der Waals surface area (Å²) in [7, 11) is 0. The highest BCUT2D eigenvalue weighted by molar-refractivity contribution is 5.38. The number of aliphatic hydroxyl groups is 1. The molecule has 1 aromatic carbocycles. The van der Waals surface area contributed by atoms with Gasteiger partial charge in [0.25, 0.3) is 0 Å². The van der Waals surface area contributed by atoms with E-state index in [1.165, 1.54) is 31.4 Å². The maximum Gasteiger partial charge on any atom is 0.126 e. The van der Waals surface area contributed by atoms with Crippen LogP contribution in [0.25, 0.3) is 0 Å². The van der Waals surface area contributed by atoms with Crippen LogP contribution in [0, 0.1) is 5.82 Å². The maximum absolute atomic E-state index is 13.2. The Hall–Kier alpha value is -1.09. The molecule has 106 valence electrons. The number of fused-ring (bicyclic) bond motifs is 1. The molecule has 2 rings (SSSR count). The van der Waals surface area contributed by atoms with Gasteiger partial charge in [0.1, 0.15) is 17.2 Å². The predicted molar refractivity (Wildman–Crippen MR) is 73.8 cm³/mol. The largest absolute Gasteiger partial charge is 0.487 e. The summed E-state index contributed by atoms with van der Waals surface area (Å²) in [5.74, 6) is 0.297. The molecular weight excluding hydrogens is 243 g/mol. The minimum absolute atomic E-state index is 0.326. The fraction of sp³-hybridized carbons (Fsp3) is 0.625. The van der Waals surface area contributed by atoms with Crippen molar-refractivity contribution in [3.63, 3.8) is 0 Å². The first-order valence-electron chi connectivity index (χ1n) is 7.20. The van der Waals surface area contributed by atoms with Gasteiger partial charge >= 0.3 is 0 Å². The van der Waals surface area contributed by atoms with Gasteiger partial charge < -0.3 is 9.84 Å². The summed E-state index contributed by atoms with van der Waals surface area (Å²) in [6, 6.07) is 4.38. The van der Waals surface area contributed by atoms with Gasteiger partial charge in [-0.2, -0.15) is 0 Å². The lowest BCUT2D eigenvalue weighted by atomic mass is 9.86. The Kier molecular flexibility index (Phi) is 4.46. The lowest BCUT2D eigenvalue weighted by molar-refractivity contribution is -0.00873. The van der Waals surface area contributed by atoms with Crippen LogP contribution >= 0.6 is 0 Å². The van der Waals surface area contributed by atoms with E-state index in [2.05, 4.69) is 6.92 Å². The second-order valence-corrected chi connectivity index (χ2v) is 5.76. The van der Waals surface area contributed by atoms with E-state index in [0.717, 1.165) is 12.8 Å². The van der Waals surface area contributed by atoms with Gasteiger partial charge in [0.05, 0.1) is 6.10 Å². The van der Waals surface area contributed by atoms with Crippen LogP contribution in [0.1, 0.15) is 64.0 Å². The number of ether oxygens (including phenoxy) is 1. The van der Waals surface area contributed by atoms with Crippen molar-refractivity contribution in [1.82, 2.24) is 0 Å². The van der Waals surface area contributed by atoms with Crippen LogP contribution < -0.4 is 4.74 Å². The fourth-order valence-corrected chi connectivity index (χ4v) is 2.78. The van der Waals surface area contributed by atoms with Crippen LogP contribution in [0.5, 0.6) is 5.75 Å². The number of unbranched alkanes of at least 4 members (excludes halogenated alkanes) is 3. The number of aliphatic hydroxyl groups excluding tert-OH is 1. The van der Waals surface area contributed by atoms with Gasteiger partial charge in [-0.1, -0.05) is 26.2 Å². The van der Waals surface area contributed by atoms with Gasteiger partial charge in [-0.15, -0.1) is 0 Å². The van der Waals surface area contributed by atoms with Gasteiger partial charge in [0.2, 0.25) is 0 Å². The third-order valence-electron chi connectivity index (χ3n) is 3.87. The first-order chi connectivity index (χ1) is 9.04. The zero-order valence-electron chi connectivity index (χ0n) is 11.8. The van der Waals surface area contributed by atoms with E-state index in [1.54, 1.807) is 6.07 Å². The third kappa shape index (κ3) is 3.47. The van der Waals surface area contributed by atoms with Crippen LogP contribution in [0.4, 0.5) is 4.39 Å². The van der Waals surface area contributed by atoms with Gasteiger partial charge in [-0.25, -0.2) is 4.39 Å². The van der Waals surface area contributed by atoms with Crippen LogP contribution in [0.15, 0.2) is 18.2 Å². The summed E-state index contributed by atoms with van der Waals surface area (Å²) < 4.78 is 19.2. The number of rotatable bonds is 5. The summed E-state index contributed by atoms with van der Waals surface area (Å²) in [5.41, 5.74) is 0.240. The second kappa shape index (κ2) is 5.91. The summed E-state index contributed by atoms with van der Waals surface area (Å²) in [6.45, 7) is 4.22. The molecule has 0 amide bonds. The van der Waals surface area contributed by atoms with Crippen LogP contribution in [0.2, 0.25) is 0 Å². The van der Waals surface area contributed by atoms with Crippen LogP contribution in [-0.2, 0) is 0 Å². The van der Waals surface area contributed by atoms with E-state index in [0.29, 0.717) is 17.7 Å². The highest BCUT2D eigenvalue weighted by Gasteiger charge is 2.36. The van der Waals surface area contributed by atoms with Crippen molar-refractivity contribution in [3.8, 4) is 5.75 Å². The Balaban J connectivity index is 2.04. The summed E-state index contributed by atoms with van der Waals surface area (Å²) in [4.78, 5) is 0. The Morgan fingerprint density at radius 2 is 2.16 bits per heavy atom. The molecule has 2 nitrogen and oxygen atoms in total. The Bertz CT molecular complexity index is 433. The Labute approximate surface area is 114 Å². The zero-order valence-corrected chi connectivity index (χ0v) is 11.8. The average Bonchev–Trinajstić information content (AvgIpc) is 2.36. The van der Waals surface area contributed by atoms with Gasteiger partial charge in [0, 0.05) is 12.0 Å². The van der Waals surface area contributed by atoms with E-state index >= 15 is 0 Å². The minimum atomic E-state index is -0.629. The molecular formula is C16H23FO2. The topological polar surface area (TPSA) is 29.5 Å². The molecule has 0 fully saturated rings. The van der Waals surface area contributed by atoms with Crippen molar-refractivity contribution in [2.45, 2.75) is 64.1 Å². The van der Waals surface area contributed by atoms with Crippen molar-refractivity contribution in [2.75, 3.05) is 0 Å². The molecule has 0 aliphatic carbocycles. The monoisotopic (exact) mass is 266 g/mol. The number of hydrogen-bond donors (Lipinski definition) is 1. The Morgan fingerprint density at radius 3 is 2.89 bits per heavy atom. The standard InChI is InChI=1S/C16H23FO2/c1-3-4-5-6-9-16(2)11-14(18)13-10-12(17)7-8-15(13)19-16/h7-8,10,14,18H,3-6,9,11H2,1-2H3/t14-,16?/m1/s1. The molecule has 2 atom stereocenters. The lowest BCUT2D eigenvalue weighted by Gasteiger charge is -2.38. The second-order valence-electron chi connectivity index (χ2n) is 5.76. The highest BCUT2D eigenvalue weighted by Crippen LogP contribution is 2.41. The Morgan fingerprint density at radius 1 is 1.37 bits per heavy atom. The summed E-state index contributed by atoms with van der Waals surface area (Å²) >= 11 is 0. The molecule has 0 spiro atoms. The third-order valence-corrected chi connectivity index (χ3v) is 3.87. The summed E-state index contributed by atoms with van der Waals surface area (Å²) in [6.07, 6.45) is 5.59. The summed E-state index contributed by atoms with van der Waals surface area (Å²) in [5, 5.41) is 10.2. The molecule has 1 heterocycles. The molecule has 1 aliphatic rings. The van der Waals surface area contributed by atoms with Crippen molar-refractivity contribution in [3.05, 3.63) is 29.6 Å². The molecule has 0 bridgehead atoms. The molecule has 0 radical (unpaired) electrons. The fourth-order valence-electron chi connectivity index (χ4n) is 2.78. The van der Waals surface area contributed by atoms with E-state index in [9.17, 15) is 9.50 Å². The predicted octanol–water partition coefficient (Wildman–Crippen LogP) is 4.37. The highest BCUT2D eigenvalue weighted by atomic mass is 19.1. The molecule has 0 aromatic heterocycles. The average molecular weight is 266 g/mol. The smallest absolute Gasteiger partial charge is 0.126 e. The normalized spacial score (nSPS) is 25.8. The molecule has 3 heteroatoms. The van der Waals surface area contributed by atoms with E-state index in [-0.39, 0.29) is 11.4 Å². The SMILES string of the molecule is CCCCCCC1(C)C[C@@H](O)c2cc(F)ccc2O1. The molecule has 0 saturated heterocycles. The van der Waals surface area contributed by atoms with Gasteiger partial charge in [0.15, 0.2) is 0 Å². The number of benzene rings is 1. The first-order valence-corrected chi connectivity index (χ1v) is 7.20. The van der Waals surface area contributed by atoms with Gasteiger partial charge in [-0.05, 0) is 38.0 Å². The molecule has 1 aliphatic heterocycles. The molecule has 0 saturated carbocycles. The maximum atomic E-state index is 13.2. The lowest BCUT2D eigenvalue weighted by Crippen LogP contribution is -2.38. The van der Waals surface area contributed by atoms with E-state index in [4.69, 9.17) is 4.74 Å². The molecule has 1 N–H and O–H groups in total. The van der Waals surface area contributed by atoms with Crippen LogP contribution in [0.3, 0.4) is 0 Å². The number of halogens is 1. The van der Waals surface area contributed by atoms with Crippen molar-refractivity contribution in [2.24, 2.45) is 0 Å². The van der Waals surface area contributed by atoms with Crippen molar-refractivity contribution < 1.29 is 14.2 Å². The van der Waals surface area contributed by atoms with E-state index < -0.39 is 6.10 Å². The van der Waals surface area contributed by atoms with Crippen molar-refractivity contribution >= 4 is 0 Å². The molecule has 1 aromatic rings. The van der Waals surface area contributed by atoms with Crippen LogP contribution in [-0.4, -0.2) is 10.7 Å². The zero-order chi connectivity index (χ0) is 13.9. The first kappa shape index (κ1) is 14.3. The van der Waals surface area contributed by atoms with Gasteiger partial charge in [-0.3, -0.25) is 0 Å². The quantitative estimate of drug-likeness (QED) is 0.802. The van der Waals surface area contributed by atoms with E-state index in [1.807, 2.05) is 6.92 Å². The number of hydrogen-bond acceptors (Lipinski definition) is 2. The molecule has 19 heavy (non-hydrogen) atoms.